The van der Waals surface area contributed by atoms with Crippen molar-refractivity contribution in [2.75, 3.05) is 11.9 Å². The molecule has 19 heavy (non-hydrogen) atoms. The summed E-state index contributed by atoms with van der Waals surface area (Å²) >= 11 is 0. The van der Waals surface area contributed by atoms with Crippen molar-refractivity contribution in [2.45, 2.75) is 6.54 Å². The van der Waals surface area contributed by atoms with E-state index in [9.17, 15) is 9.18 Å². The number of carboxylic acids is 1. The van der Waals surface area contributed by atoms with Crippen LogP contribution in [0.1, 0.15) is 15.9 Å². The minimum absolute atomic E-state index is 0.158. The highest BCUT2D eigenvalue weighted by molar-refractivity contribution is 5.88. The number of halogens is 1. The molecular formula is C14H13FN2O2. The van der Waals surface area contributed by atoms with Crippen LogP contribution in [-0.2, 0) is 6.54 Å². The summed E-state index contributed by atoms with van der Waals surface area (Å²) in [5.74, 6) is -0.810. The van der Waals surface area contributed by atoms with Crippen molar-refractivity contribution in [3.63, 3.8) is 0 Å². The zero-order valence-electron chi connectivity index (χ0n) is 10.4. The molecule has 0 saturated heterocycles. The number of nitrogens with zero attached hydrogens (tertiary/aromatic N) is 2. The predicted molar refractivity (Wildman–Crippen MR) is 69.7 cm³/mol. The summed E-state index contributed by atoms with van der Waals surface area (Å²) < 4.78 is 13.5. The molecule has 5 heteroatoms. The lowest BCUT2D eigenvalue weighted by molar-refractivity contribution is 0.0697. The van der Waals surface area contributed by atoms with Crippen molar-refractivity contribution in [1.82, 2.24) is 4.98 Å². The molecule has 2 rings (SSSR count). The van der Waals surface area contributed by atoms with Gasteiger partial charge in [0.2, 0.25) is 0 Å². The molecule has 2 aromatic rings. The average molecular weight is 260 g/mol. The standard InChI is InChI=1S/C14H13FN2O2/c1-17(9-11-4-2-3-5-12(11)15)13-8-10(14(18)19)6-7-16-13/h2-8H,9H2,1H3,(H,18,19). The number of carboxylic acid groups (broad SMARTS) is 1. The topological polar surface area (TPSA) is 53.4 Å². The molecule has 0 unspecified atom stereocenters. The predicted octanol–water partition coefficient (Wildman–Crippen LogP) is 2.56. The lowest BCUT2D eigenvalue weighted by Crippen LogP contribution is -2.19. The molecular weight excluding hydrogens is 247 g/mol. The SMILES string of the molecule is CN(Cc1ccccc1F)c1cc(C(=O)O)ccn1. The van der Waals surface area contributed by atoms with Gasteiger partial charge in [-0.3, -0.25) is 0 Å². The largest absolute Gasteiger partial charge is 0.478 e. The fourth-order valence-electron chi connectivity index (χ4n) is 1.72. The van der Waals surface area contributed by atoms with Crippen LogP contribution in [0.3, 0.4) is 0 Å². The Morgan fingerprint density at radius 2 is 2.11 bits per heavy atom. The van der Waals surface area contributed by atoms with Crippen LogP contribution < -0.4 is 4.90 Å². The highest BCUT2D eigenvalue weighted by atomic mass is 19.1. The van der Waals surface area contributed by atoms with Crippen LogP contribution in [-0.4, -0.2) is 23.1 Å². The van der Waals surface area contributed by atoms with E-state index in [0.29, 0.717) is 17.9 Å². The van der Waals surface area contributed by atoms with Gasteiger partial charge in [-0.25, -0.2) is 14.2 Å². The lowest BCUT2D eigenvalue weighted by atomic mass is 10.2. The summed E-state index contributed by atoms with van der Waals surface area (Å²) in [5, 5.41) is 8.92. The number of pyridine rings is 1. The van der Waals surface area contributed by atoms with Gasteiger partial charge in [-0.15, -0.1) is 0 Å². The molecule has 0 aliphatic heterocycles. The van der Waals surface area contributed by atoms with E-state index in [2.05, 4.69) is 4.98 Å². The minimum atomic E-state index is -1.01. The van der Waals surface area contributed by atoms with Gasteiger partial charge in [0.05, 0.1) is 5.56 Å². The molecule has 1 heterocycles. The number of rotatable bonds is 4. The van der Waals surface area contributed by atoms with Gasteiger partial charge in [-0.1, -0.05) is 18.2 Å². The second-order valence-corrected chi connectivity index (χ2v) is 4.16. The van der Waals surface area contributed by atoms with Gasteiger partial charge >= 0.3 is 5.97 Å². The van der Waals surface area contributed by atoms with Gasteiger partial charge < -0.3 is 10.0 Å². The van der Waals surface area contributed by atoms with Gasteiger partial charge in [0, 0.05) is 25.4 Å². The second kappa shape index (κ2) is 5.48. The van der Waals surface area contributed by atoms with Crippen LogP contribution in [0.4, 0.5) is 10.2 Å². The summed E-state index contributed by atoms with van der Waals surface area (Å²) in [5.41, 5.74) is 0.693. The third-order valence-corrected chi connectivity index (χ3v) is 2.75. The third-order valence-electron chi connectivity index (χ3n) is 2.75. The minimum Gasteiger partial charge on any atom is -0.478 e. The maximum Gasteiger partial charge on any atom is 0.335 e. The van der Waals surface area contributed by atoms with Crippen molar-refractivity contribution in [3.8, 4) is 0 Å². The van der Waals surface area contributed by atoms with Crippen molar-refractivity contribution in [3.05, 3.63) is 59.5 Å². The summed E-state index contributed by atoms with van der Waals surface area (Å²) in [6, 6.07) is 9.35. The number of anilines is 1. The molecule has 0 saturated carbocycles. The molecule has 1 aromatic heterocycles. The van der Waals surface area contributed by atoms with Gasteiger partial charge in [-0.05, 0) is 18.2 Å². The molecule has 0 atom stereocenters. The van der Waals surface area contributed by atoms with Crippen LogP contribution in [0.2, 0.25) is 0 Å². The zero-order chi connectivity index (χ0) is 13.8. The van der Waals surface area contributed by atoms with Crippen LogP contribution in [0.15, 0.2) is 42.6 Å². The highest BCUT2D eigenvalue weighted by Gasteiger charge is 2.09. The Morgan fingerprint density at radius 3 is 2.79 bits per heavy atom. The molecule has 0 radical (unpaired) electrons. The first-order valence-corrected chi connectivity index (χ1v) is 5.72. The lowest BCUT2D eigenvalue weighted by Gasteiger charge is -2.18. The monoisotopic (exact) mass is 260 g/mol. The van der Waals surface area contributed by atoms with E-state index in [1.165, 1.54) is 24.4 Å². The van der Waals surface area contributed by atoms with E-state index in [4.69, 9.17) is 5.11 Å². The molecule has 0 spiro atoms. The van der Waals surface area contributed by atoms with Gasteiger partial charge in [0.25, 0.3) is 0 Å². The van der Waals surface area contributed by atoms with Crippen molar-refractivity contribution in [2.24, 2.45) is 0 Å². The molecule has 4 nitrogen and oxygen atoms in total. The normalized spacial score (nSPS) is 10.2. The number of carbonyl (C=O) groups is 1. The van der Waals surface area contributed by atoms with E-state index in [0.717, 1.165) is 0 Å². The fourth-order valence-corrected chi connectivity index (χ4v) is 1.72. The Bertz CT molecular complexity index is 602. The summed E-state index contributed by atoms with van der Waals surface area (Å²) in [4.78, 5) is 16.7. The maximum absolute atomic E-state index is 13.5. The van der Waals surface area contributed by atoms with Crippen molar-refractivity contribution in [1.29, 1.82) is 0 Å². The number of hydrogen-bond acceptors (Lipinski definition) is 3. The van der Waals surface area contributed by atoms with Crippen LogP contribution in [0.25, 0.3) is 0 Å². The highest BCUT2D eigenvalue weighted by Crippen LogP contribution is 2.16. The number of hydrogen-bond donors (Lipinski definition) is 1. The summed E-state index contributed by atoms with van der Waals surface area (Å²) in [6.07, 6.45) is 1.43. The molecule has 0 aliphatic carbocycles. The van der Waals surface area contributed by atoms with Crippen molar-refractivity contribution >= 4 is 11.8 Å². The fraction of sp³-hybridized carbons (Fsp3) is 0.143. The molecule has 0 aliphatic rings. The number of benzene rings is 1. The first kappa shape index (κ1) is 13.0. The first-order chi connectivity index (χ1) is 9.08. The molecule has 0 bridgehead atoms. The molecule has 0 amide bonds. The van der Waals surface area contributed by atoms with Crippen LogP contribution >= 0.6 is 0 Å². The maximum atomic E-state index is 13.5. The Labute approximate surface area is 110 Å². The number of aromatic carboxylic acids is 1. The molecule has 1 N–H and O–H groups in total. The van der Waals surface area contributed by atoms with E-state index in [1.54, 1.807) is 30.1 Å². The Morgan fingerprint density at radius 1 is 1.37 bits per heavy atom. The summed E-state index contributed by atoms with van der Waals surface area (Å²) in [7, 11) is 1.74. The second-order valence-electron chi connectivity index (χ2n) is 4.16. The first-order valence-electron chi connectivity index (χ1n) is 5.72. The smallest absolute Gasteiger partial charge is 0.335 e. The molecule has 1 aromatic carbocycles. The Hall–Kier alpha value is -2.43. The molecule has 0 fully saturated rings. The quantitative estimate of drug-likeness (QED) is 0.917. The number of aromatic nitrogens is 1. The molecule has 98 valence electrons. The Kier molecular flexibility index (Phi) is 3.75. The van der Waals surface area contributed by atoms with E-state index in [1.807, 2.05) is 0 Å². The van der Waals surface area contributed by atoms with E-state index < -0.39 is 5.97 Å². The third kappa shape index (κ3) is 3.07. The van der Waals surface area contributed by atoms with Crippen molar-refractivity contribution < 1.29 is 14.3 Å². The van der Waals surface area contributed by atoms with E-state index >= 15 is 0 Å². The van der Waals surface area contributed by atoms with Gasteiger partial charge in [0.1, 0.15) is 11.6 Å². The summed E-state index contributed by atoms with van der Waals surface area (Å²) in [6.45, 7) is 0.322. The Balaban J connectivity index is 2.20. The van der Waals surface area contributed by atoms with Crippen LogP contribution in [0, 0.1) is 5.82 Å². The van der Waals surface area contributed by atoms with Gasteiger partial charge in [0.15, 0.2) is 0 Å². The average Bonchev–Trinajstić information content (AvgIpc) is 2.41. The zero-order valence-corrected chi connectivity index (χ0v) is 10.4. The van der Waals surface area contributed by atoms with E-state index in [-0.39, 0.29) is 11.4 Å². The van der Waals surface area contributed by atoms with Gasteiger partial charge in [-0.2, -0.15) is 0 Å². The van der Waals surface area contributed by atoms with Crippen LogP contribution in [0.5, 0.6) is 0 Å².